The van der Waals surface area contributed by atoms with Crippen LogP contribution in [0.25, 0.3) is 0 Å². The molecule has 0 fully saturated rings. The smallest absolute Gasteiger partial charge is 0.0966 e. The molecule has 0 saturated carbocycles. The SMILES string of the molecule is CC(C)c1cn(CC(O)CO)nn1. The predicted octanol–water partition coefficient (Wildman–Crippen LogP) is -0.245. The van der Waals surface area contributed by atoms with Crippen molar-refractivity contribution in [2.75, 3.05) is 6.61 Å². The number of rotatable bonds is 4. The second-order valence-corrected chi connectivity index (χ2v) is 3.36. The molecule has 0 bridgehead atoms. The van der Waals surface area contributed by atoms with Gasteiger partial charge in [0.25, 0.3) is 0 Å². The molecule has 0 saturated heterocycles. The molecule has 1 aromatic heterocycles. The lowest BCUT2D eigenvalue weighted by molar-refractivity contribution is 0.0778. The van der Waals surface area contributed by atoms with Gasteiger partial charge in [0.15, 0.2) is 0 Å². The average Bonchev–Trinajstić information content (AvgIpc) is 2.52. The quantitative estimate of drug-likeness (QED) is 0.679. The summed E-state index contributed by atoms with van der Waals surface area (Å²) in [4.78, 5) is 0. The standard InChI is InChI=1S/C8H15N3O2/c1-6(2)8-4-11(10-9-8)3-7(13)5-12/h4,6-7,12-13H,3,5H2,1-2H3. The van der Waals surface area contributed by atoms with Gasteiger partial charge in [-0.2, -0.15) is 0 Å². The molecule has 13 heavy (non-hydrogen) atoms. The molecule has 0 aliphatic carbocycles. The van der Waals surface area contributed by atoms with Crippen LogP contribution >= 0.6 is 0 Å². The summed E-state index contributed by atoms with van der Waals surface area (Å²) in [5, 5.41) is 25.5. The molecule has 2 N–H and O–H groups in total. The highest BCUT2D eigenvalue weighted by Gasteiger charge is 2.07. The van der Waals surface area contributed by atoms with Gasteiger partial charge in [-0.3, -0.25) is 0 Å². The van der Waals surface area contributed by atoms with Crippen LogP contribution in [0.3, 0.4) is 0 Å². The van der Waals surface area contributed by atoms with Gasteiger partial charge in [0.05, 0.1) is 24.9 Å². The number of hydrogen-bond donors (Lipinski definition) is 2. The van der Waals surface area contributed by atoms with Gasteiger partial charge in [-0.05, 0) is 5.92 Å². The van der Waals surface area contributed by atoms with Crippen molar-refractivity contribution >= 4 is 0 Å². The fourth-order valence-electron chi connectivity index (χ4n) is 0.941. The Hall–Kier alpha value is -0.940. The molecule has 0 aliphatic heterocycles. The zero-order chi connectivity index (χ0) is 9.84. The molecule has 5 nitrogen and oxygen atoms in total. The predicted molar refractivity (Wildman–Crippen MR) is 47.2 cm³/mol. The van der Waals surface area contributed by atoms with E-state index in [4.69, 9.17) is 10.2 Å². The second kappa shape index (κ2) is 4.34. The molecule has 5 heteroatoms. The molecule has 74 valence electrons. The summed E-state index contributed by atoms with van der Waals surface area (Å²) < 4.78 is 1.54. The van der Waals surface area contributed by atoms with E-state index < -0.39 is 6.10 Å². The molecule has 1 unspecified atom stereocenters. The van der Waals surface area contributed by atoms with Crippen molar-refractivity contribution in [3.8, 4) is 0 Å². The van der Waals surface area contributed by atoms with Crippen molar-refractivity contribution in [2.45, 2.75) is 32.4 Å². The summed E-state index contributed by atoms with van der Waals surface area (Å²) in [6, 6.07) is 0. The van der Waals surface area contributed by atoms with Crippen LogP contribution in [0.2, 0.25) is 0 Å². The number of aromatic nitrogens is 3. The lowest BCUT2D eigenvalue weighted by Crippen LogP contribution is -2.20. The van der Waals surface area contributed by atoms with Crippen LogP contribution in [0.15, 0.2) is 6.20 Å². The van der Waals surface area contributed by atoms with E-state index in [1.807, 2.05) is 13.8 Å². The summed E-state index contributed by atoms with van der Waals surface area (Å²) >= 11 is 0. The first-order valence-corrected chi connectivity index (χ1v) is 4.32. The van der Waals surface area contributed by atoms with E-state index in [2.05, 4.69) is 10.3 Å². The Morgan fingerprint density at radius 3 is 2.69 bits per heavy atom. The molecule has 0 spiro atoms. The molecule has 1 rings (SSSR count). The topological polar surface area (TPSA) is 71.2 Å². The van der Waals surface area contributed by atoms with E-state index in [1.165, 1.54) is 4.68 Å². The minimum absolute atomic E-state index is 0.253. The Bertz CT molecular complexity index is 260. The van der Waals surface area contributed by atoms with Gasteiger partial charge in [0, 0.05) is 6.20 Å². The van der Waals surface area contributed by atoms with Gasteiger partial charge in [0.2, 0.25) is 0 Å². The van der Waals surface area contributed by atoms with Crippen LogP contribution < -0.4 is 0 Å². The first-order valence-electron chi connectivity index (χ1n) is 4.32. The second-order valence-electron chi connectivity index (χ2n) is 3.36. The zero-order valence-electron chi connectivity index (χ0n) is 7.88. The molecule has 0 amide bonds. The Balaban J connectivity index is 2.58. The van der Waals surface area contributed by atoms with E-state index in [1.54, 1.807) is 6.20 Å². The third kappa shape index (κ3) is 2.78. The maximum Gasteiger partial charge on any atom is 0.0966 e. The van der Waals surface area contributed by atoms with E-state index in [0.29, 0.717) is 5.92 Å². The van der Waals surface area contributed by atoms with Crippen LogP contribution in [-0.4, -0.2) is 37.9 Å². The first kappa shape index (κ1) is 10.1. The first-order chi connectivity index (χ1) is 6.13. The van der Waals surface area contributed by atoms with Crippen LogP contribution in [0.1, 0.15) is 25.5 Å². The van der Waals surface area contributed by atoms with Gasteiger partial charge < -0.3 is 10.2 Å². The fraction of sp³-hybridized carbons (Fsp3) is 0.750. The van der Waals surface area contributed by atoms with Crippen molar-refractivity contribution in [3.05, 3.63) is 11.9 Å². The van der Waals surface area contributed by atoms with Crippen molar-refractivity contribution in [3.63, 3.8) is 0 Å². The largest absolute Gasteiger partial charge is 0.394 e. The third-order valence-electron chi connectivity index (χ3n) is 1.76. The summed E-state index contributed by atoms with van der Waals surface area (Å²) in [7, 11) is 0. The highest BCUT2D eigenvalue weighted by Crippen LogP contribution is 2.08. The monoisotopic (exact) mass is 185 g/mol. The minimum atomic E-state index is -0.762. The molecule has 1 heterocycles. The number of nitrogens with zero attached hydrogens (tertiary/aromatic N) is 3. The van der Waals surface area contributed by atoms with Crippen LogP contribution in [0, 0.1) is 0 Å². The summed E-state index contributed by atoms with van der Waals surface area (Å²) in [6.45, 7) is 4.08. The van der Waals surface area contributed by atoms with E-state index in [9.17, 15) is 0 Å². The minimum Gasteiger partial charge on any atom is -0.394 e. The maximum absolute atomic E-state index is 9.12. The highest BCUT2D eigenvalue weighted by atomic mass is 16.3. The lowest BCUT2D eigenvalue weighted by Gasteiger charge is -2.05. The average molecular weight is 185 g/mol. The Morgan fingerprint density at radius 1 is 1.54 bits per heavy atom. The van der Waals surface area contributed by atoms with Crippen molar-refractivity contribution in [2.24, 2.45) is 0 Å². The molecular formula is C8H15N3O2. The van der Waals surface area contributed by atoms with Gasteiger partial charge in [-0.15, -0.1) is 5.10 Å². The Kier molecular flexibility index (Phi) is 3.39. The summed E-state index contributed by atoms with van der Waals surface area (Å²) in [5.74, 6) is 0.333. The lowest BCUT2D eigenvalue weighted by atomic mass is 10.2. The van der Waals surface area contributed by atoms with Crippen molar-refractivity contribution in [1.29, 1.82) is 0 Å². The van der Waals surface area contributed by atoms with Gasteiger partial charge >= 0.3 is 0 Å². The summed E-state index contributed by atoms with van der Waals surface area (Å²) in [5.41, 5.74) is 0.894. The van der Waals surface area contributed by atoms with Gasteiger partial charge in [0.1, 0.15) is 0 Å². The van der Waals surface area contributed by atoms with Crippen LogP contribution in [-0.2, 0) is 6.54 Å². The van der Waals surface area contributed by atoms with Crippen molar-refractivity contribution in [1.82, 2.24) is 15.0 Å². The van der Waals surface area contributed by atoms with E-state index in [-0.39, 0.29) is 13.2 Å². The molecule has 0 aliphatic rings. The summed E-state index contributed by atoms with van der Waals surface area (Å²) in [6.07, 6.45) is 1.02. The fourth-order valence-corrected chi connectivity index (χ4v) is 0.941. The molecule has 0 radical (unpaired) electrons. The van der Waals surface area contributed by atoms with Crippen molar-refractivity contribution < 1.29 is 10.2 Å². The highest BCUT2D eigenvalue weighted by molar-refractivity contribution is 4.98. The zero-order valence-corrected chi connectivity index (χ0v) is 7.88. The molecular weight excluding hydrogens is 170 g/mol. The maximum atomic E-state index is 9.12. The third-order valence-corrected chi connectivity index (χ3v) is 1.76. The van der Waals surface area contributed by atoms with Crippen LogP contribution in [0.4, 0.5) is 0 Å². The number of aliphatic hydroxyl groups excluding tert-OH is 2. The van der Waals surface area contributed by atoms with E-state index >= 15 is 0 Å². The Morgan fingerprint density at radius 2 is 2.23 bits per heavy atom. The van der Waals surface area contributed by atoms with E-state index in [0.717, 1.165) is 5.69 Å². The van der Waals surface area contributed by atoms with Crippen LogP contribution in [0.5, 0.6) is 0 Å². The molecule has 1 atom stereocenters. The number of aliphatic hydroxyl groups is 2. The number of hydrogen-bond acceptors (Lipinski definition) is 4. The Labute approximate surface area is 77.0 Å². The molecule has 1 aromatic rings. The molecule has 0 aromatic carbocycles. The van der Waals surface area contributed by atoms with Gasteiger partial charge in [-0.1, -0.05) is 19.1 Å². The normalized spacial score (nSPS) is 13.6. The van der Waals surface area contributed by atoms with Gasteiger partial charge in [-0.25, -0.2) is 4.68 Å².